The predicted molar refractivity (Wildman–Crippen MR) is 71.6 cm³/mol. The minimum atomic E-state index is -0.503. The number of anilines is 2. The molecule has 0 aromatic carbocycles. The number of hydrogen-bond donors (Lipinski definition) is 2. The Hall–Kier alpha value is -2.70. The summed E-state index contributed by atoms with van der Waals surface area (Å²) in [6.45, 7) is 2.38. The Bertz CT molecular complexity index is 598. The van der Waals surface area contributed by atoms with Gasteiger partial charge >= 0.3 is 0 Å². The van der Waals surface area contributed by atoms with E-state index in [1.165, 1.54) is 12.1 Å². The SMILES string of the molecule is Cc1ccc(CNc2cc([N+](=O)[O-])cc(N)n2)cn1. The lowest BCUT2D eigenvalue weighted by Gasteiger charge is -2.06. The fourth-order valence-electron chi connectivity index (χ4n) is 1.53. The number of nitro groups is 1. The Kier molecular flexibility index (Phi) is 3.56. The number of nitrogens with one attached hydrogen (secondary N) is 1. The Balaban J connectivity index is 2.11. The summed E-state index contributed by atoms with van der Waals surface area (Å²) in [5, 5.41) is 13.7. The van der Waals surface area contributed by atoms with Gasteiger partial charge in [-0.1, -0.05) is 6.07 Å². The summed E-state index contributed by atoms with van der Waals surface area (Å²) >= 11 is 0. The summed E-state index contributed by atoms with van der Waals surface area (Å²) in [7, 11) is 0. The molecule has 0 amide bonds. The van der Waals surface area contributed by atoms with Crippen molar-refractivity contribution in [2.24, 2.45) is 0 Å². The Morgan fingerprint density at radius 1 is 1.42 bits per heavy atom. The Morgan fingerprint density at radius 2 is 2.21 bits per heavy atom. The average Bonchev–Trinajstić information content (AvgIpc) is 2.37. The average molecular weight is 259 g/mol. The molecule has 0 aliphatic carbocycles. The first-order valence-corrected chi connectivity index (χ1v) is 5.62. The van der Waals surface area contributed by atoms with Gasteiger partial charge in [0.05, 0.1) is 17.1 Å². The first kappa shape index (κ1) is 12.7. The van der Waals surface area contributed by atoms with Gasteiger partial charge in [0.2, 0.25) is 0 Å². The number of hydrogen-bond acceptors (Lipinski definition) is 6. The van der Waals surface area contributed by atoms with Gasteiger partial charge < -0.3 is 11.1 Å². The predicted octanol–water partition coefficient (Wildman–Crippen LogP) is 1.89. The molecule has 98 valence electrons. The normalized spacial score (nSPS) is 10.2. The Morgan fingerprint density at radius 3 is 2.84 bits per heavy atom. The number of aryl methyl sites for hydroxylation is 1. The van der Waals surface area contributed by atoms with Gasteiger partial charge in [0, 0.05) is 18.4 Å². The van der Waals surface area contributed by atoms with Crippen LogP contribution in [0.5, 0.6) is 0 Å². The molecular weight excluding hydrogens is 246 g/mol. The highest BCUT2D eigenvalue weighted by Gasteiger charge is 2.09. The molecular formula is C12H13N5O2. The van der Waals surface area contributed by atoms with Crippen molar-refractivity contribution in [3.05, 3.63) is 51.8 Å². The summed E-state index contributed by atoms with van der Waals surface area (Å²) in [5.74, 6) is 0.478. The van der Waals surface area contributed by atoms with Gasteiger partial charge in [-0.05, 0) is 18.6 Å². The molecule has 0 spiro atoms. The molecule has 0 fully saturated rings. The van der Waals surface area contributed by atoms with Crippen LogP contribution in [-0.2, 0) is 6.54 Å². The van der Waals surface area contributed by atoms with E-state index in [9.17, 15) is 10.1 Å². The van der Waals surface area contributed by atoms with Crippen molar-refractivity contribution >= 4 is 17.3 Å². The second-order valence-electron chi connectivity index (χ2n) is 4.05. The molecule has 2 heterocycles. The maximum Gasteiger partial charge on any atom is 0.276 e. The number of nitrogens with two attached hydrogens (primary N) is 1. The van der Waals surface area contributed by atoms with Gasteiger partial charge in [-0.15, -0.1) is 0 Å². The zero-order chi connectivity index (χ0) is 13.8. The molecule has 0 aliphatic rings. The largest absolute Gasteiger partial charge is 0.383 e. The molecule has 19 heavy (non-hydrogen) atoms. The third-order valence-corrected chi connectivity index (χ3v) is 2.49. The lowest BCUT2D eigenvalue weighted by atomic mass is 10.2. The van der Waals surface area contributed by atoms with Crippen molar-refractivity contribution in [3.8, 4) is 0 Å². The maximum absolute atomic E-state index is 10.7. The summed E-state index contributed by atoms with van der Waals surface area (Å²) in [6, 6.07) is 6.39. The standard InChI is InChI=1S/C12H13N5O2/c1-8-2-3-9(6-14-8)7-15-12-5-10(17(18)19)4-11(13)16-12/h2-6H,7H2,1H3,(H3,13,15,16). The van der Waals surface area contributed by atoms with Crippen LogP contribution >= 0.6 is 0 Å². The van der Waals surface area contributed by atoms with Crippen molar-refractivity contribution in [3.63, 3.8) is 0 Å². The number of rotatable bonds is 4. The van der Waals surface area contributed by atoms with E-state index < -0.39 is 4.92 Å². The highest BCUT2D eigenvalue weighted by atomic mass is 16.6. The van der Waals surface area contributed by atoms with E-state index in [1.807, 2.05) is 19.1 Å². The second-order valence-corrected chi connectivity index (χ2v) is 4.05. The summed E-state index contributed by atoms with van der Waals surface area (Å²) < 4.78 is 0. The smallest absolute Gasteiger partial charge is 0.276 e. The van der Waals surface area contributed by atoms with Crippen LogP contribution in [0.2, 0.25) is 0 Å². The van der Waals surface area contributed by atoms with E-state index in [1.54, 1.807) is 6.20 Å². The summed E-state index contributed by atoms with van der Waals surface area (Å²) in [6.07, 6.45) is 1.74. The van der Waals surface area contributed by atoms with Crippen molar-refractivity contribution in [2.45, 2.75) is 13.5 Å². The van der Waals surface area contributed by atoms with Crippen LogP contribution in [0.25, 0.3) is 0 Å². The van der Waals surface area contributed by atoms with Crippen molar-refractivity contribution in [2.75, 3.05) is 11.1 Å². The maximum atomic E-state index is 10.7. The third-order valence-electron chi connectivity index (χ3n) is 2.49. The summed E-state index contributed by atoms with van der Waals surface area (Å²) in [5.41, 5.74) is 7.32. The minimum Gasteiger partial charge on any atom is -0.383 e. The van der Waals surface area contributed by atoms with Crippen LogP contribution in [0.15, 0.2) is 30.5 Å². The fraction of sp³-hybridized carbons (Fsp3) is 0.167. The highest BCUT2D eigenvalue weighted by molar-refractivity contribution is 5.52. The van der Waals surface area contributed by atoms with Crippen molar-refractivity contribution in [1.29, 1.82) is 0 Å². The van der Waals surface area contributed by atoms with Crippen LogP contribution in [-0.4, -0.2) is 14.9 Å². The van der Waals surface area contributed by atoms with Crippen LogP contribution in [0, 0.1) is 17.0 Å². The van der Waals surface area contributed by atoms with Crippen LogP contribution < -0.4 is 11.1 Å². The monoisotopic (exact) mass is 259 g/mol. The van der Waals surface area contributed by atoms with Crippen LogP contribution in [0.4, 0.5) is 17.3 Å². The van der Waals surface area contributed by atoms with E-state index >= 15 is 0 Å². The first-order valence-electron chi connectivity index (χ1n) is 5.62. The van der Waals surface area contributed by atoms with Crippen molar-refractivity contribution < 1.29 is 4.92 Å². The summed E-state index contributed by atoms with van der Waals surface area (Å²) in [4.78, 5) is 18.4. The molecule has 0 saturated carbocycles. The topological polar surface area (TPSA) is 107 Å². The fourth-order valence-corrected chi connectivity index (χ4v) is 1.53. The van der Waals surface area contributed by atoms with E-state index in [4.69, 9.17) is 5.73 Å². The first-order chi connectivity index (χ1) is 9.04. The van der Waals surface area contributed by atoms with Gasteiger partial charge in [-0.25, -0.2) is 4.98 Å². The van der Waals surface area contributed by atoms with E-state index in [2.05, 4.69) is 15.3 Å². The molecule has 7 heteroatoms. The molecule has 0 unspecified atom stereocenters. The van der Waals surface area contributed by atoms with E-state index in [0.717, 1.165) is 11.3 Å². The van der Waals surface area contributed by atoms with Gasteiger partial charge in [-0.3, -0.25) is 15.1 Å². The van der Waals surface area contributed by atoms with Crippen LogP contribution in [0.1, 0.15) is 11.3 Å². The molecule has 2 aromatic heterocycles. The lowest BCUT2D eigenvalue weighted by molar-refractivity contribution is -0.384. The van der Waals surface area contributed by atoms with Crippen LogP contribution in [0.3, 0.4) is 0 Å². The molecule has 0 saturated heterocycles. The molecule has 3 N–H and O–H groups in total. The second kappa shape index (κ2) is 5.30. The molecule has 0 atom stereocenters. The van der Waals surface area contributed by atoms with Gasteiger partial charge in [0.15, 0.2) is 0 Å². The Labute approximate surface area is 109 Å². The van der Waals surface area contributed by atoms with E-state index in [0.29, 0.717) is 12.4 Å². The molecule has 0 aliphatic heterocycles. The number of aromatic nitrogens is 2. The minimum absolute atomic E-state index is 0.0861. The van der Waals surface area contributed by atoms with E-state index in [-0.39, 0.29) is 11.5 Å². The molecule has 7 nitrogen and oxygen atoms in total. The van der Waals surface area contributed by atoms with Crippen molar-refractivity contribution in [1.82, 2.24) is 9.97 Å². The van der Waals surface area contributed by atoms with Gasteiger partial charge in [-0.2, -0.15) is 0 Å². The highest BCUT2D eigenvalue weighted by Crippen LogP contribution is 2.19. The number of nitrogen functional groups attached to an aromatic ring is 1. The zero-order valence-corrected chi connectivity index (χ0v) is 10.3. The molecule has 2 rings (SSSR count). The molecule has 0 radical (unpaired) electrons. The zero-order valence-electron chi connectivity index (χ0n) is 10.3. The number of pyridine rings is 2. The molecule has 0 bridgehead atoms. The van der Waals surface area contributed by atoms with Gasteiger partial charge in [0.25, 0.3) is 5.69 Å². The van der Waals surface area contributed by atoms with Gasteiger partial charge in [0.1, 0.15) is 11.6 Å². The quantitative estimate of drug-likeness (QED) is 0.641. The lowest BCUT2D eigenvalue weighted by Crippen LogP contribution is -2.04. The third kappa shape index (κ3) is 3.38. The number of nitrogens with zero attached hydrogens (tertiary/aromatic N) is 3. The molecule has 2 aromatic rings.